The number of hydrogen-bond donors (Lipinski definition) is 1. The lowest BCUT2D eigenvalue weighted by Gasteiger charge is -2.00. The third-order valence-electron chi connectivity index (χ3n) is 2.11. The van der Waals surface area contributed by atoms with Gasteiger partial charge in [0.15, 0.2) is 0 Å². The maximum Gasteiger partial charge on any atom is 0.139 e. The van der Waals surface area contributed by atoms with Crippen molar-refractivity contribution in [1.82, 2.24) is 15.0 Å². The molecule has 0 unspecified atom stereocenters. The first kappa shape index (κ1) is 11.2. The fourth-order valence-electron chi connectivity index (χ4n) is 1.31. The molecule has 1 heterocycles. The van der Waals surface area contributed by atoms with Gasteiger partial charge < -0.3 is 5.73 Å². The van der Waals surface area contributed by atoms with Gasteiger partial charge in [-0.1, -0.05) is 5.21 Å². The first-order valence-corrected chi connectivity index (χ1v) is 5.56. The van der Waals surface area contributed by atoms with Gasteiger partial charge in [-0.25, -0.2) is 9.07 Å². The zero-order valence-electron chi connectivity index (χ0n) is 8.40. The second-order valence-corrected chi connectivity index (χ2v) is 4.15. The van der Waals surface area contributed by atoms with Gasteiger partial charge in [-0.2, -0.15) is 0 Å². The van der Waals surface area contributed by atoms with Crippen molar-refractivity contribution >= 4 is 15.9 Å². The van der Waals surface area contributed by atoms with E-state index in [1.165, 1.54) is 10.7 Å². The number of nitrogens with two attached hydrogens (primary N) is 1. The standard InChI is InChI=1S/C10H10BrFN4/c11-9-2-1-8(5-10(9)12)16-6-7(3-4-13)14-15-16/h1-2,5-6H,3-4,13H2. The zero-order valence-corrected chi connectivity index (χ0v) is 9.98. The van der Waals surface area contributed by atoms with E-state index >= 15 is 0 Å². The highest BCUT2D eigenvalue weighted by molar-refractivity contribution is 9.10. The summed E-state index contributed by atoms with van der Waals surface area (Å²) in [5, 5.41) is 7.84. The molecule has 0 saturated heterocycles. The van der Waals surface area contributed by atoms with Gasteiger partial charge in [-0.05, 0) is 34.6 Å². The largest absolute Gasteiger partial charge is 0.330 e. The van der Waals surface area contributed by atoms with E-state index in [2.05, 4.69) is 26.2 Å². The number of halogens is 2. The van der Waals surface area contributed by atoms with Crippen molar-refractivity contribution in [2.24, 2.45) is 5.73 Å². The molecule has 1 aromatic heterocycles. The molecule has 0 aliphatic rings. The van der Waals surface area contributed by atoms with Crippen molar-refractivity contribution in [1.29, 1.82) is 0 Å². The molecule has 0 saturated carbocycles. The Morgan fingerprint density at radius 3 is 2.94 bits per heavy atom. The van der Waals surface area contributed by atoms with Crippen LogP contribution in [0.15, 0.2) is 28.9 Å². The monoisotopic (exact) mass is 284 g/mol. The van der Waals surface area contributed by atoms with Crippen LogP contribution >= 0.6 is 15.9 Å². The first-order chi connectivity index (χ1) is 7.70. The lowest BCUT2D eigenvalue weighted by Crippen LogP contribution is -2.02. The summed E-state index contributed by atoms with van der Waals surface area (Å²) in [4.78, 5) is 0. The van der Waals surface area contributed by atoms with E-state index in [4.69, 9.17) is 5.73 Å². The predicted octanol–water partition coefficient (Wildman–Crippen LogP) is 1.67. The molecular formula is C10H10BrFN4. The maximum absolute atomic E-state index is 13.3. The van der Waals surface area contributed by atoms with E-state index in [-0.39, 0.29) is 5.82 Å². The summed E-state index contributed by atoms with van der Waals surface area (Å²) >= 11 is 3.10. The van der Waals surface area contributed by atoms with Crippen molar-refractivity contribution in [2.75, 3.05) is 6.54 Å². The number of hydrogen-bond acceptors (Lipinski definition) is 3. The van der Waals surface area contributed by atoms with Crippen LogP contribution < -0.4 is 5.73 Å². The predicted molar refractivity (Wildman–Crippen MR) is 61.8 cm³/mol. The summed E-state index contributed by atoms with van der Waals surface area (Å²) in [5.74, 6) is -0.326. The SMILES string of the molecule is NCCc1cn(-c2ccc(Br)c(F)c2)nn1. The van der Waals surface area contributed by atoms with Crippen LogP contribution in [0.4, 0.5) is 4.39 Å². The third kappa shape index (κ3) is 2.28. The van der Waals surface area contributed by atoms with Crippen LogP contribution in [0, 0.1) is 5.82 Å². The average Bonchev–Trinajstić information content (AvgIpc) is 2.71. The summed E-state index contributed by atoms with van der Waals surface area (Å²) in [7, 11) is 0. The first-order valence-electron chi connectivity index (χ1n) is 4.77. The molecule has 2 aromatic rings. The van der Waals surface area contributed by atoms with Crippen LogP contribution in [0.1, 0.15) is 5.69 Å². The molecule has 0 atom stereocenters. The molecule has 0 bridgehead atoms. The number of nitrogens with zero attached hydrogens (tertiary/aromatic N) is 3. The second kappa shape index (κ2) is 4.71. The van der Waals surface area contributed by atoms with Crippen molar-refractivity contribution in [3.8, 4) is 5.69 Å². The van der Waals surface area contributed by atoms with Gasteiger partial charge in [-0.3, -0.25) is 0 Å². The molecule has 4 nitrogen and oxygen atoms in total. The van der Waals surface area contributed by atoms with Gasteiger partial charge in [0, 0.05) is 12.5 Å². The Bertz CT molecular complexity index is 497. The normalized spacial score (nSPS) is 10.7. The lowest BCUT2D eigenvalue weighted by molar-refractivity contribution is 0.618. The molecule has 0 amide bonds. The summed E-state index contributed by atoms with van der Waals surface area (Å²) in [6, 6.07) is 4.79. The highest BCUT2D eigenvalue weighted by Crippen LogP contribution is 2.18. The minimum Gasteiger partial charge on any atom is -0.330 e. The number of aromatic nitrogens is 3. The Morgan fingerprint density at radius 1 is 1.44 bits per heavy atom. The Hall–Kier alpha value is -1.27. The Kier molecular flexibility index (Phi) is 3.31. The molecule has 2 rings (SSSR count). The molecule has 0 fully saturated rings. The topological polar surface area (TPSA) is 56.7 Å². The van der Waals surface area contributed by atoms with E-state index in [9.17, 15) is 4.39 Å². The van der Waals surface area contributed by atoms with Gasteiger partial charge in [0.25, 0.3) is 0 Å². The fourth-order valence-corrected chi connectivity index (χ4v) is 1.56. The van der Waals surface area contributed by atoms with E-state index in [0.717, 1.165) is 5.69 Å². The zero-order chi connectivity index (χ0) is 11.5. The van der Waals surface area contributed by atoms with Crippen molar-refractivity contribution in [3.63, 3.8) is 0 Å². The van der Waals surface area contributed by atoms with Crippen LogP contribution in [-0.2, 0) is 6.42 Å². The highest BCUT2D eigenvalue weighted by atomic mass is 79.9. The Balaban J connectivity index is 2.31. The summed E-state index contributed by atoms with van der Waals surface area (Å²) < 4.78 is 15.2. The van der Waals surface area contributed by atoms with E-state index < -0.39 is 0 Å². The molecule has 0 aliphatic carbocycles. The number of rotatable bonds is 3. The van der Waals surface area contributed by atoms with Gasteiger partial charge in [0.1, 0.15) is 5.82 Å². The van der Waals surface area contributed by atoms with Gasteiger partial charge in [-0.15, -0.1) is 5.10 Å². The Labute approximate surface area is 100 Å². The van der Waals surface area contributed by atoms with Crippen LogP contribution in [0.25, 0.3) is 5.69 Å². The van der Waals surface area contributed by atoms with E-state index in [0.29, 0.717) is 23.1 Å². The fraction of sp³-hybridized carbons (Fsp3) is 0.200. The average molecular weight is 285 g/mol. The van der Waals surface area contributed by atoms with Crippen LogP contribution in [-0.4, -0.2) is 21.5 Å². The minimum atomic E-state index is -0.326. The van der Waals surface area contributed by atoms with Crippen LogP contribution in [0.3, 0.4) is 0 Å². The molecule has 0 radical (unpaired) electrons. The van der Waals surface area contributed by atoms with E-state index in [1.807, 2.05) is 0 Å². The minimum absolute atomic E-state index is 0.326. The molecule has 0 spiro atoms. The van der Waals surface area contributed by atoms with Crippen molar-refractivity contribution in [3.05, 3.63) is 40.4 Å². The smallest absolute Gasteiger partial charge is 0.139 e. The summed E-state index contributed by atoms with van der Waals surface area (Å²) in [5.41, 5.74) is 6.84. The van der Waals surface area contributed by atoms with Crippen LogP contribution in [0.5, 0.6) is 0 Å². The van der Waals surface area contributed by atoms with Crippen molar-refractivity contribution in [2.45, 2.75) is 6.42 Å². The van der Waals surface area contributed by atoms with Crippen molar-refractivity contribution < 1.29 is 4.39 Å². The van der Waals surface area contributed by atoms with Crippen LogP contribution in [0.2, 0.25) is 0 Å². The highest BCUT2D eigenvalue weighted by Gasteiger charge is 2.05. The second-order valence-electron chi connectivity index (χ2n) is 3.29. The summed E-state index contributed by atoms with van der Waals surface area (Å²) in [6.07, 6.45) is 2.41. The quantitative estimate of drug-likeness (QED) is 0.933. The lowest BCUT2D eigenvalue weighted by atomic mass is 10.3. The van der Waals surface area contributed by atoms with Gasteiger partial charge >= 0.3 is 0 Å². The maximum atomic E-state index is 13.3. The van der Waals surface area contributed by atoms with E-state index in [1.54, 1.807) is 18.3 Å². The van der Waals surface area contributed by atoms with Gasteiger partial charge in [0.2, 0.25) is 0 Å². The summed E-state index contributed by atoms with van der Waals surface area (Å²) in [6.45, 7) is 0.521. The molecule has 6 heteroatoms. The third-order valence-corrected chi connectivity index (χ3v) is 2.75. The molecular weight excluding hydrogens is 275 g/mol. The molecule has 84 valence electrons. The molecule has 1 aromatic carbocycles. The van der Waals surface area contributed by atoms with Gasteiger partial charge in [0.05, 0.1) is 22.1 Å². The number of benzene rings is 1. The molecule has 0 aliphatic heterocycles. The molecule has 16 heavy (non-hydrogen) atoms. The molecule has 2 N–H and O–H groups in total. The Morgan fingerprint density at radius 2 is 2.25 bits per heavy atom.